The van der Waals surface area contributed by atoms with Crippen molar-refractivity contribution in [3.63, 3.8) is 0 Å². The summed E-state index contributed by atoms with van der Waals surface area (Å²) in [6.07, 6.45) is 0.585. The number of carbonyl (C=O) groups excluding carboxylic acids is 4. The Balaban J connectivity index is 1.93. The number of hydrogen-bond donors (Lipinski definition) is 4. The minimum Gasteiger partial charge on any atom is -0.457 e. The van der Waals surface area contributed by atoms with E-state index in [1.807, 2.05) is 32.9 Å². The summed E-state index contributed by atoms with van der Waals surface area (Å²) in [5.41, 5.74) is 2.67. The van der Waals surface area contributed by atoms with Crippen molar-refractivity contribution < 1.29 is 23.9 Å². The fourth-order valence-electron chi connectivity index (χ4n) is 2.96. The van der Waals surface area contributed by atoms with Gasteiger partial charge in [-0.1, -0.05) is 43.7 Å². The molecule has 2 unspecified atom stereocenters. The number of benzene rings is 2. The molecule has 180 valence electrons. The van der Waals surface area contributed by atoms with E-state index in [-0.39, 0.29) is 18.4 Å². The predicted molar refractivity (Wildman–Crippen MR) is 129 cm³/mol. The van der Waals surface area contributed by atoms with Gasteiger partial charge in [0.2, 0.25) is 11.8 Å². The Morgan fingerprint density at radius 2 is 1.53 bits per heavy atom. The fourth-order valence-corrected chi connectivity index (χ4v) is 2.96. The van der Waals surface area contributed by atoms with E-state index in [0.29, 0.717) is 23.0 Å². The third-order valence-corrected chi connectivity index (χ3v) is 5.02. The third-order valence-electron chi connectivity index (χ3n) is 5.02. The Bertz CT molecular complexity index is 1030. The lowest BCUT2D eigenvalue weighted by molar-refractivity contribution is -0.136. The maximum absolute atomic E-state index is 12.8. The Labute approximate surface area is 198 Å². The molecule has 0 aromatic heterocycles. The summed E-state index contributed by atoms with van der Waals surface area (Å²) < 4.78 is 4.84. The smallest absolute Gasteiger partial charge is 0.348 e. The summed E-state index contributed by atoms with van der Waals surface area (Å²) in [5.74, 6) is -2.18. The molecule has 0 spiro atoms. The molecule has 0 aliphatic rings. The molecule has 9 nitrogen and oxygen atoms in total. The summed E-state index contributed by atoms with van der Waals surface area (Å²) in [6.45, 7) is 7.11. The van der Waals surface area contributed by atoms with Crippen molar-refractivity contribution in [1.29, 1.82) is 5.41 Å². The minimum absolute atomic E-state index is 0.0137. The van der Waals surface area contributed by atoms with Crippen molar-refractivity contribution in [2.45, 2.75) is 46.4 Å². The molecule has 0 fully saturated rings. The Morgan fingerprint density at radius 1 is 0.912 bits per heavy atom. The number of esters is 1. The SMILES string of the molecule is Cc1ccc(C(=O)NC(C(=O)NC(C)C(=O)Nc2ccc(COC(=O)C=N)cc2)C(C)C)cc1. The zero-order valence-electron chi connectivity index (χ0n) is 19.7. The van der Waals surface area contributed by atoms with Crippen molar-refractivity contribution in [3.05, 3.63) is 65.2 Å². The van der Waals surface area contributed by atoms with Crippen LogP contribution in [-0.2, 0) is 25.7 Å². The molecular weight excluding hydrogens is 436 g/mol. The molecule has 2 atom stereocenters. The third kappa shape index (κ3) is 7.84. The van der Waals surface area contributed by atoms with E-state index in [9.17, 15) is 19.2 Å². The quantitative estimate of drug-likeness (QED) is 0.315. The van der Waals surface area contributed by atoms with E-state index >= 15 is 0 Å². The lowest BCUT2D eigenvalue weighted by atomic mass is 10.0. The summed E-state index contributed by atoms with van der Waals surface area (Å²) in [5, 5.41) is 14.9. The number of amides is 3. The van der Waals surface area contributed by atoms with Gasteiger partial charge in [-0.05, 0) is 49.6 Å². The predicted octanol–water partition coefficient (Wildman–Crippen LogP) is 2.59. The average Bonchev–Trinajstić information content (AvgIpc) is 2.81. The Hall–Kier alpha value is -4.01. The highest BCUT2D eigenvalue weighted by Crippen LogP contribution is 2.12. The Kier molecular flexibility index (Phi) is 9.49. The molecule has 4 N–H and O–H groups in total. The molecular formula is C25H30N4O5. The van der Waals surface area contributed by atoms with Crippen LogP contribution in [0.2, 0.25) is 0 Å². The largest absolute Gasteiger partial charge is 0.457 e. The van der Waals surface area contributed by atoms with E-state index in [1.165, 1.54) is 0 Å². The molecule has 3 amide bonds. The highest BCUT2D eigenvalue weighted by molar-refractivity contribution is 6.21. The van der Waals surface area contributed by atoms with Crippen LogP contribution in [-0.4, -0.2) is 42.0 Å². The van der Waals surface area contributed by atoms with Gasteiger partial charge in [0.05, 0.1) is 0 Å². The second-order valence-electron chi connectivity index (χ2n) is 8.23. The number of nitrogens with one attached hydrogen (secondary N) is 4. The molecule has 0 bridgehead atoms. The normalized spacial score (nSPS) is 12.3. The van der Waals surface area contributed by atoms with Crippen molar-refractivity contribution in [2.75, 3.05) is 5.32 Å². The zero-order valence-corrected chi connectivity index (χ0v) is 19.7. The molecule has 0 saturated carbocycles. The summed E-state index contributed by atoms with van der Waals surface area (Å²) in [6, 6.07) is 12.0. The first-order chi connectivity index (χ1) is 16.1. The summed E-state index contributed by atoms with van der Waals surface area (Å²) in [7, 11) is 0. The van der Waals surface area contributed by atoms with Gasteiger partial charge in [0.25, 0.3) is 5.91 Å². The first-order valence-corrected chi connectivity index (χ1v) is 10.9. The lowest BCUT2D eigenvalue weighted by Gasteiger charge is -2.24. The molecule has 2 rings (SSSR count). The number of ether oxygens (including phenoxy) is 1. The van der Waals surface area contributed by atoms with Gasteiger partial charge >= 0.3 is 5.97 Å². The van der Waals surface area contributed by atoms with Gasteiger partial charge in [0.1, 0.15) is 24.9 Å². The monoisotopic (exact) mass is 466 g/mol. The first-order valence-electron chi connectivity index (χ1n) is 10.9. The van der Waals surface area contributed by atoms with Crippen molar-refractivity contribution in [2.24, 2.45) is 5.92 Å². The van der Waals surface area contributed by atoms with Crippen LogP contribution in [0.1, 0.15) is 42.3 Å². The first kappa shape index (κ1) is 26.2. The van der Waals surface area contributed by atoms with Crippen LogP contribution < -0.4 is 16.0 Å². The molecule has 0 heterocycles. The van der Waals surface area contributed by atoms with Gasteiger partial charge in [-0.2, -0.15) is 0 Å². The van der Waals surface area contributed by atoms with Gasteiger partial charge in [0, 0.05) is 11.3 Å². The molecule has 0 radical (unpaired) electrons. The topological polar surface area (TPSA) is 137 Å². The molecule has 0 saturated heterocycles. The zero-order chi connectivity index (χ0) is 25.3. The maximum atomic E-state index is 12.8. The van der Waals surface area contributed by atoms with Crippen LogP contribution in [0.4, 0.5) is 5.69 Å². The second kappa shape index (κ2) is 12.3. The molecule has 9 heteroatoms. The van der Waals surface area contributed by atoms with Crippen LogP contribution in [0, 0.1) is 18.3 Å². The van der Waals surface area contributed by atoms with E-state index in [2.05, 4.69) is 16.0 Å². The maximum Gasteiger partial charge on any atom is 0.348 e. The second-order valence-corrected chi connectivity index (χ2v) is 8.23. The van der Waals surface area contributed by atoms with Crippen LogP contribution in [0.15, 0.2) is 48.5 Å². The van der Waals surface area contributed by atoms with Gasteiger partial charge < -0.3 is 26.1 Å². The van der Waals surface area contributed by atoms with Crippen LogP contribution in [0.25, 0.3) is 0 Å². The van der Waals surface area contributed by atoms with Gasteiger partial charge in [0.15, 0.2) is 0 Å². The number of anilines is 1. The number of carbonyl (C=O) groups is 4. The minimum atomic E-state index is -0.849. The average molecular weight is 467 g/mol. The highest BCUT2D eigenvalue weighted by atomic mass is 16.5. The van der Waals surface area contributed by atoms with Crippen LogP contribution >= 0.6 is 0 Å². The fraction of sp³-hybridized carbons (Fsp3) is 0.320. The highest BCUT2D eigenvalue weighted by Gasteiger charge is 2.27. The number of aryl methyl sites for hydroxylation is 1. The number of hydrogen-bond acceptors (Lipinski definition) is 6. The van der Waals surface area contributed by atoms with E-state index in [4.69, 9.17) is 10.1 Å². The van der Waals surface area contributed by atoms with E-state index in [1.54, 1.807) is 43.3 Å². The van der Waals surface area contributed by atoms with Gasteiger partial charge in [-0.15, -0.1) is 0 Å². The summed E-state index contributed by atoms with van der Waals surface area (Å²) in [4.78, 5) is 48.9. The molecule has 2 aromatic rings. The van der Waals surface area contributed by atoms with Crippen LogP contribution in [0.5, 0.6) is 0 Å². The van der Waals surface area contributed by atoms with Crippen molar-refractivity contribution in [1.82, 2.24) is 10.6 Å². The van der Waals surface area contributed by atoms with Gasteiger partial charge in [-0.25, -0.2) is 4.79 Å². The summed E-state index contributed by atoms with van der Waals surface area (Å²) >= 11 is 0. The molecule has 2 aromatic carbocycles. The molecule has 0 aliphatic carbocycles. The number of rotatable bonds is 10. The van der Waals surface area contributed by atoms with Crippen molar-refractivity contribution >= 4 is 35.6 Å². The van der Waals surface area contributed by atoms with Gasteiger partial charge in [-0.3, -0.25) is 14.4 Å². The Morgan fingerprint density at radius 3 is 2.09 bits per heavy atom. The van der Waals surface area contributed by atoms with E-state index < -0.39 is 29.9 Å². The molecule has 0 aliphatic heterocycles. The van der Waals surface area contributed by atoms with Crippen LogP contribution in [0.3, 0.4) is 0 Å². The lowest BCUT2D eigenvalue weighted by Crippen LogP contribution is -2.53. The molecule has 34 heavy (non-hydrogen) atoms. The van der Waals surface area contributed by atoms with E-state index in [0.717, 1.165) is 5.56 Å². The standard InChI is InChI=1S/C25H30N4O5/c1-15(2)22(29-24(32)19-9-5-16(3)6-10-19)25(33)27-17(4)23(31)28-20-11-7-18(8-12-20)14-34-21(30)13-26/h5-13,15,17,22,26H,14H2,1-4H3,(H,27,33)(H,28,31)(H,29,32). The van der Waals surface area contributed by atoms with Crippen molar-refractivity contribution in [3.8, 4) is 0 Å².